The number of imide groups is 1. The van der Waals surface area contributed by atoms with E-state index in [0.717, 1.165) is 25.9 Å². The zero-order valence-electron chi connectivity index (χ0n) is 11.9. The lowest BCUT2D eigenvalue weighted by molar-refractivity contribution is -0.125. The molecule has 0 aromatic heterocycles. The number of urea groups is 1. The number of carbonyl (C=O) groups is 2. The number of hydrogen-bond acceptors (Lipinski definition) is 4. The third-order valence-electron chi connectivity index (χ3n) is 3.36. The number of halogens is 1. The van der Waals surface area contributed by atoms with Crippen LogP contribution < -0.4 is 16.0 Å². The number of rotatable bonds is 4. The Balaban J connectivity index is 0.00000324. The molecule has 1 saturated heterocycles. The monoisotopic (exact) mass is 292 g/mol. The first-order valence-corrected chi connectivity index (χ1v) is 6.58. The quantitative estimate of drug-likeness (QED) is 0.698. The maximum absolute atomic E-state index is 11.9. The van der Waals surface area contributed by atoms with Crippen molar-refractivity contribution in [3.05, 3.63) is 0 Å². The first kappa shape index (κ1) is 18.1. The molecule has 0 aliphatic carbocycles. The molecule has 7 heteroatoms. The van der Waals surface area contributed by atoms with E-state index >= 15 is 0 Å². The van der Waals surface area contributed by atoms with Crippen LogP contribution in [0.25, 0.3) is 0 Å². The zero-order valence-corrected chi connectivity index (χ0v) is 12.7. The van der Waals surface area contributed by atoms with E-state index in [4.69, 9.17) is 0 Å². The second kappa shape index (κ2) is 9.12. The first-order valence-electron chi connectivity index (χ1n) is 6.58. The molecule has 0 bridgehead atoms. The summed E-state index contributed by atoms with van der Waals surface area (Å²) in [4.78, 5) is 25.3. The number of amides is 3. The average Bonchev–Trinajstić information content (AvgIpc) is 2.38. The van der Waals surface area contributed by atoms with Crippen LogP contribution in [0.1, 0.15) is 26.7 Å². The van der Waals surface area contributed by atoms with Crippen molar-refractivity contribution in [3.8, 4) is 0 Å². The van der Waals surface area contributed by atoms with Crippen molar-refractivity contribution in [2.75, 3.05) is 26.7 Å². The lowest BCUT2D eigenvalue weighted by Gasteiger charge is -2.35. The van der Waals surface area contributed by atoms with Crippen LogP contribution in [-0.4, -0.2) is 55.6 Å². The smallest absolute Gasteiger partial charge is 0.321 e. The molecule has 6 nitrogen and oxygen atoms in total. The molecule has 0 spiro atoms. The van der Waals surface area contributed by atoms with Crippen LogP contribution in [0.3, 0.4) is 0 Å². The van der Waals surface area contributed by atoms with Gasteiger partial charge in [0.05, 0.1) is 6.04 Å². The van der Waals surface area contributed by atoms with Gasteiger partial charge in [0.1, 0.15) is 0 Å². The van der Waals surface area contributed by atoms with E-state index in [1.807, 2.05) is 20.9 Å². The zero-order chi connectivity index (χ0) is 13.5. The summed E-state index contributed by atoms with van der Waals surface area (Å²) >= 11 is 0. The van der Waals surface area contributed by atoms with Gasteiger partial charge >= 0.3 is 6.03 Å². The molecule has 3 N–H and O–H groups in total. The van der Waals surface area contributed by atoms with Crippen LogP contribution in [0.5, 0.6) is 0 Å². The van der Waals surface area contributed by atoms with Crippen molar-refractivity contribution in [2.45, 2.75) is 38.8 Å². The lowest BCUT2D eigenvalue weighted by atomic mass is 10.0. The predicted octanol–water partition coefficient (Wildman–Crippen LogP) is 0.326. The Labute approximate surface area is 121 Å². The molecular formula is C12H25ClN4O2. The number of likely N-dealkylation sites (N-methyl/N-ethyl adjacent to an activating group) is 1. The fourth-order valence-corrected chi connectivity index (χ4v) is 2.18. The fourth-order valence-electron chi connectivity index (χ4n) is 2.18. The van der Waals surface area contributed by atoms with Gasteiger partial charge in [-0.05, 0) is 40.3 Å². The second-order valence-corrected chi connectivity index (χ2v) is 4.65. The van der Waals surface area contributed by atoms with Gasteiger partial charge in [-0.1, -0.05) is 0 Å². The van der Waals surface area contributed by atoms with Crippen molar-refractivity contribution in [2.24, 2.45) is 0 Å². The predicted molar refractivity (Wildman–Crippen MR) is 77.6 cm³/mol. The molecular weight excluding hydrogens is 268 g/mol. The third-order valence-corrected chi connectivity index (χ3v) is 3.36. The number of nitrogens with one attached hydrogen (secondary N) is 3. The third kappa shape index (κ3) is 5.76. The largest absolute Gasteiger partial charge is 0.338 e. The van der Waals surface area contributed by atoms with Gasteiger partial charge in [0.25, 0.3) is 0 Å². The Morgan fingerprint density at radius 3 is 2.68 bits per heavy atom. The Morgan fingerprint density at radius 2 is 2.11 bits per heavy atom. The molecule has 1 aliphatic heterocycles. The Kier molecular flexibility index (Phi) is 8.71. The maximum Gasteiger partial charge on any atom is 0.321 e. The Bertz CT molecular complexity index is 301. The van der Waals surface area contributed by atoms with Gasteiger partial charge < -0.3 is 10.6 Å². The van der Waals surface area contributed by atoms with E-state index in [1.54, 1.807) is 0 Å². The van der Waals surface area contributed by atoms with Crippen LogP contribution in [0.2, 0.25) is 0 Å². The molecule has 0 aromatic rings. The summed E-state index contributed by atoms with van der Waals surface area (Å²) in [5, 5.41) is 8.15. The molecule has 1 fully saturated rings. The topological polar surface area (TPSA) is 73.5 Å². The molecule has 2 atom stereocenters. The molecule has 2 unspecified atom stereocenters. The molecule has 1 heterocycles. The van der Waals surface area contributed by atoms with Crippen LogP contribution in [0.4, 0.5) is 4.79 Å². The molecule has 1 aliphatic rings. The van der Waals surface area contributed by atoms with E-state index in [1.165, 1.54) is 0 Å². The molecule has 19 heavy (non-hydrogen) atoms. The molecule has 0 radical (unpaired) electrons. The highest BCUT2D eigenvalue weighted by atomic mass is 35.5. The molecule has 1 rings (SSSR count). The highest BCUT2D eigenvalue weighted by molar-refractivity contribution is 5.96. The average molecular weight is 293 g/mol. The summed E-state index contributed by atoms with van der Waals surface area (Å²) in [5.74, 6) is -0.238. The SMILES string of the molecule is CCNC(=O)NC(=O)C(C)N1CCCC(NC)C1.Cl. The van der Waals surface area contributed by atoms with Crippen molar-refractivity contribution in [3.63, 3.8) is 0 Å². The van der Waals surface area contributed by atoms with Crippen molar-refractivity contribution in [1.82, 2.24) is 20.9 Å². The molecule has 112 valence electrons. The van der Waals surface area contributed by atoms with Gasteiger partial charge in [0.15, 0.2) is 0 Å². The minimum Gasteiger partial charge on any atom is -0.338 e. The van der Waals surface area contributed by atoms with Gasteiger partial charge in [-0.2, -0.15) is 0 Å². The highest BCUT2D eigenvalue weighted by Crippen LogP contribution is 2.12. The summed E-state index contributed by atoms with van der Waals surface area (Å²) < 4.78 is 0. The normalized spacial score (nSPS) is 21.1. The molecule has 0 saturated carbocycles. The van der Waals surface area contributed by atoms with Gasteiger partial charge in [-0.25, -0.2) is 4.79 Å². The summed E-state index contributed by atoms with van der Waals surface area (Å²) in [6, 6.07) is -0.265. The van der Waals surface area contributed by atoms with Crippen molar-refractivity contribution in [1.29, 1.82) is 0 Å². The summed E-state index contributed by atoms with van der Waals surface area (Å²) in [6.45, 7) is 5.92. The number of nitrogens with zero attached hydrogens (tertiary/aromatic N) is 1. The van der Waals surface area contributed by atoms with Crippen LogP contribution >= 0.6 is 12.4 Å². The maximum atomic E-state index is 11.9. The van der Waals surface area contributed by atoms with E-state index in [2.05, 4.69) is 20.9 Å². The van der Waals surface area contributed by atoms with Gasteiger partial charge in [0, 0.05) is 19.1 Å². The lowest BCUT2D eigenvalue weighted by Crippen LogP contribution is -2.54. The van der Waals surface area contributed by atoms with E-state index < -0.39 is 6.03 Å². The minimum atomic E-state index is -0.420. The Hall–Kier alpha value is -0.850. The van der Waals surface area contributed by atoms with Gasteiger partial charge in [-0.3, -0.25) is 15.0 Å². The van der Waals surface area contributed by atoms with Gasteiger partial charge in [-0.15, -0.1) is 12.4 Å². The van der Waals surface area contributed by atoms with E-state index in [0.29, 0.717) is 12.6 Å². The van der Waals surface area contributed by atoms with Crippen molar-refractivity contribution < 1.29 is 9.59 Å². The van der Waals surface area contributed by atoms with Crippen LogP contribution in [0, 0.1) is 0 Å². The van der Waals surface area contributed by atoms with Crippen LogP contribution in [0.15, 0.2) is 0 Å². The molecule has 0 aromatic carbocycles. The van der Waals surface area contributed by atoms with E-state index in [-0.39, 0.29) is 24.4 Å². The van der Waals surface area contributed by atoms with Crippen LogP contribution in [-0.2, 0) is 4.79 Å². The minimum absolute atomic E-state index is 0. The fraction of sp³-hybridized carbons (Fsp3) is 0.833. The van der Waals surface area contributed by atoms with Crippen molar-refractivity contribution >= 4 is 24.3 Å². The second-order valence-electron chi connectivity index (χ2n) is 4.65. The summed E-state index contributed by atoms with van der Waals surface area (Å²) in [6.07, 6.45) is 2.21. The first-order chi connectivity index (χ1) is 8.58. The Morgan fingerprint density at radius 1 is 1.42 bits per heavy atom. The standard InChI is InChI=1S/C12H24N4O2.ClH/c1-4-14-12(18)15-11(17)9(2)16-7-5-6-10(8-16)13-3;/h9-10,13H,4-8H2,1-3H3,(H2,14,15,17,18);1H. The number of hydrogen-bond donors (Lipinski definition) is 3. The number of likely N-dealkylation sites (tertiary alicyclic amines) is 1. The number of carbonyl (C=O) groups excluding carboxylic acids is 2. The summed E-state index contributed by atoms with van der Waals surface area (Å²) in [5.41, 5.74) is 0. The van der Waals surface area contributed by atoms with E-state index in [9.17, 15) is 9.59 Å². The highest BCUT2D eigenvalue weighted by Gasteiger charge is 2.27. The number of piperidine rings is 1. The molecule has 3 amide bonds. The summed E-state index contributed by atoms with van der Waals surface area (Å²) in [7, 11) is 1.94. The van der Waals surface area contributed by atoms with Gasteiger partial charge in [0.2, 0.25) is 5.91 Å².